The molecule has 1 aromatic carbocycles. The highest BCUT2D eigenvalue weighted by Crippen LogP contribution is 2.22. The van der Waals surface area contributed by atoms with Crippen molar-refractivity contribution in [2.75, 3.05) is 7.05 Å². The number of nitrogens with zero attached hydrogens (tertiary/aromatic N) is 2. The zero-order valence-electron chi connectivity index (χ0n) is 10.8. The van der Waals surface area contributed by atoms with E-state index in [4.69, 9.17) is 0 Å². The number of hydrogen-bond acceptors (Lipinski definition) is 3. The van der Waals surface area contributed by atoms with Crippen molar-refractivity contribution < 1.29 is 4.79 Å². The molecular weight excluding hydrogens is 256 g/mol. The number of amides is 1. The number of carbonyl (C=O) groups is 1. The van der Waals surface area contributed by atoms with Gasteiger partial charge in [-0.05, 0) is 23.9 Å². The van der Waals surface area contributed by atoms with Crippen LogP contribution >= 0.6 is 11.3 Å². The predicted octanol–water partition coefficient (Wildman–Crippen LogP) is 3.39. The molecule has 0 spiro atoms. The van der Waals surface area contributed by atoms with Crippen LogP contribution in [-0.2, 0) is 0 Å². The van der Waals surface area contributed by atoms with Gasteiger partial charge < -0.3 is 4.90 Å². The summed E-state index contributed by atoms with van der Waals surface area (Å²) in [6, 6.07) is 12.9. The average Bonchev–Trinajstić information content (AvgIpc) is 2.94. The fraction of sp³-hybridized carbons (Fsp3) is 0.200. The van der Waals surface area contributed by atoms with Crippen LogP contribution in [0, 0.1) is 18.3 Å². The van der Waals surface area contributed by atoms with Gasteiger partial charge in [0, 0.05) is 7.05 Å². The first-order valence-corrected chi connectivity index (χ1v) is 6.78. The highest BCUT2D eigenvalue weighted by molar-refractivity contribution is 7.12. The zero-order valence-corrected chi connectivity index (χ0v) is 11.6. The summed E-state index contributed by atoms with van der Waals surface area (Å²) in [5, 5.41) is 11.2. The molecule has 0 aliphatic carbocycles. The van der Waals surface area contributed by atoms with Crippen molar-refractivity contribution in [1.29, 1.82) is 5.26 Å². The molecule has 0 saturated carbocycles. The summed E-state index contributed by atoms with van der Waals surface area (Å²) in [5.74, 6) is -0.123. The van der Waals surface area contributed by atoms with Crippen LogP contribution in [0.5, 0.6) is 0 Å². The monoisotopic (exact) mass is 270 g/mol. The summed E-state index contributed by atoms with van der Waals surface area (Å²) in [5.41, 5.74) is 1.97. The first-order valence-electron chi connectivity index (χ1n) is 5.90. The lowest BCUT2D eigenvalue weighted by Gasteiger charge is -2.22. The molecule has 0 fully saturated rings. The molecule has 0 radical (unpaired) electrons. The van der Waals surface area contributed by atoms with Crippen LogP contribution in [-0.4, -0.2) is 17.9 Å². The maximum atomic E-state index is 12.2. The number of carbonyl (C=O) groups excluding carboxylic acids is 1. The number of nitriles is 1. The van der Waals surface area contributed by atoms with Gasteiger partial charge in [0.2, 0.25) is 0 Å². The second kappa shape index (κ2) is 5.68. The van der Waals surface area contributed by atoms with E-state index in [0.29, 0.717) is 4.88 Å². The molecule has 2 rings (SSSR count). The quantitative estimate of drug-likeness (QED) is 0.858. The Labute approximate surface area is 116 Å². The van der Waals surface area contributed by atoms with E-state index < -0.39 is 6.04 Å². The summed E-state index contributed by atoms with van der Waals surface area (Å²) in [6.07, 6.45) is 0. The summed E-state index contributed by atoms with van der Waals surface area (Å²) in [4.78, 5) is 14.4. The predicted molar refractivity (Wildman–Crippen MR) is 75.9 cm³/mol. The van der Waals surface area contributed by atoms with Gasteiger partial charge in [-0.25, -0.2) is 0 Å². The third-order valence-electron chi connectivity index (χ3n) is 2.95. The van der Waals surface area contributed by atoms with Crippen molar-refractivity contribution in [2.45, 2.75) is 13.0 Å². The van der Waals surface area contributed by atoms with Crippen molar-refractivity contribution in [3.8, 4) is 6.07 Å². The minimum absolute atomic E-state index is 0.123. The summed E-state index contributed by atoms with van der Waals surface area (Å²) in [7, 11) is 1.66. The van der Waals surface area contributed by atoms with Crippen molar-refractivity contribution in [3.63, 3.8) is 0 Å². The molecule has 0 bridgehead atoms. The SMILES string of the molecule is Cc1ccc(C(C#N)N(C)C(=O)c2cccs2)cc1. The van der Waals surface area contributed by atoms with Gasteiger partial charge in [-0.2, -0.15) is 5.26 Å². The summed E-state index contributed by atoms with van der Waals surface area (Å²) < 4.78 is 0. The third-order valence-corrected chi connectivity index (χ3v) is 3.81. The van der Waals surface area contributed by atoms with E-state index in [2.05, 4.69) is 6.07 Å². The van der Waals surface area contributed by atoms with Gasteiger partial charge in [0.25, 0.3) is 5.91 Å². The van der Waals surface area contributed by atoms with Crippen LogP contribution in [0.15, 0.2) is 41.8 Å². The van der Waals surface area contributed by atoms with Crippen LogP contribution in [0.1, 0.15) is 26.8 Å². The maximum absolute atomic E-state index is 12.2. The Bertz CT molecular complexity index is 596. The van der Waals surface area contributed by atoms with Gasteiger partial charge in [-0.1, -0.05) is 35.9 Å². The Hall–Kier alpha value is -2.12. The molecule has 1 amide bonds. The van der Waals surface area contributed by atoms with Crippen molar-refractivity contribution in [2.24, 2.45) is 0 Å². The largest absolute Gasteiger partial charge is 0.321 e. The van der Waals surface area contributed by atoms with Crippen LogP contribution in [0.2, 0.25) is 0 Å². The molecule has 2 aromatic rings. The van der Waals surface area contributed by atoms with E-state index in [9.17, 15) is 10.1 Å². The minimum Gasteiger partial charge on any atom is -0.321 e. The molecule has 96 valence electrons. The molecule has 19 heavy (non-hydrogen) atoms. The Morgan fingerprint density at radius 1 is 1.32 bits per heavy atom. The van der Waals surface area contributed by atoms with Crippen LogP contribution < -0.4 is 0 Å². The Morgan fingerprint density at radius 2 is 2.00 bits per heavy atom. The van der Waals surface area contributed by atoms with Gasteiger partial charge in [-0.15, -0.1) is 11.3 Å². The molecule has 0 N–H and O–H groups in total. The maximum Gasteiger partial charge on any atom is 0.264 e. The third kappa shape index (κ3) is 2.83. The molecule has 4 heteroatoms. The van der Waals surface area contributed by atoms with Gasteiger partial charge in [0.15, 0.2) is 0 Å². The topological polar surface area (TPSA) is 44.1 Å². The van der Waals surface area contributed by atoms with Gasteiger partial charge >= 0.3 is 0 Å². The number of rotatable bonds is 3. The lowest BCUT2D eigenvalue weighted by Crippen LogP contribution is -2.29. The smallest absolute Gasteiger partial charge is 0.264 e. The fourth-order valence-corrected chi connectivity index (χ4v) is 2.53. The Morgan fingerprint density at radius 3 is 2.53 bits per heavy atom. The number of hydrogen-bond donors (Lipinski definition) is 0. The standard InChI is InChI=1S/C15H14N2OS/c1-11-5-7-12(8-6-11)13(10-16)17(2)15(18)14-4-3-9-19-14/h3-9,13H,1-2H3. The average molecular weight is 270 g/mol. The Balaban J connectivity index is 2.25. The molecule has 1 aromatic heterocycles. The number of benzene rings is 1. The van der Waals surface area contributed by atoms with Gasteiger partial charge in [0.05, 0.1) is 10.9 Å². The molecule has 1 atom stereocenters. The molecule has 0 aliphatic rings. The minimum atomic E-state index is -0.560. The lowest BCUT2D eigenvalue weighted by molar-refractivity contribution is 0.0768. The summed E-state index contributed by atoms with van der Waals surface area (Å²) >= 11 is 1.38. The molecule has 0 saturated heterocycles. The Kier molecular flexibility index (Phi) is 3.98. The second-order valence-electron chi connectivity index (χ2n) is 4.34. The highest BCUT2D eigenvalue weighted by atomic mass is 32.1. The van der Waals surface area contributed by atoms with E-state index in [1.165, 1.54) is 16.2 Å². The first-order chi connectivity index (χ1) is 9.13. The summed E-state index contributed by atoms with van der Waals surface area (Å²) in [6.45, 7) is 1.99. The van der Waals surface area contributed by atoms with E-state index in [1.807, 2.05) is 42.6 Å². The van der Waals surface area contributed by atoms with E-state index in [0.717, 1.165) is 11.1 Å². The van der Waals surface area contributed by atoms with E-state index in [-0.39, 0.29) is 5.91 Å². The lowest BCUT2D eigenvalue weighted by atomic mass is 10.1. The molecule has 1 heterocycles. The van der Waals surface area contributed by atoms with Crippen LogP contribution in [0.4, 0.5) is 0 Å². The van der Waals surface area contributed by atoms with E-state index in [1.54, 1.807) is 13.1 Å². The van der Waals surface area contributed by atoms with Crippen molar-refractivity contribution in [3.05, 3.63) is 57.8 Å². The first kappa shape index (κ1) is 13.3. The molecule has 0 aliphatic heterocycles. The molecule has 1 unspecified atom stereocenters. The van der Waals surface area contributed by atoms with Gasteiger partial charge in [-0.3, -0.25) is 4.79 Å². The molecular formula is C15H14N2OS. The van der Waals surface area contributed by atoms with Crippen LogP contribution in [0.3, 0.4) is 0 Å². The zero-order chi connectivity index (χ0) is 13.8. The van der Waals surface area contributed by atoms with E-state index >= 15 is 0 Å². The second-order valence-corrected chi connectivity index (χ2v) is 5.28. The van der Waals surface area contributed by atoms with Crippen LogP contribution in [0.25, 0.3) is 0 Å². The normalized spacial score (nSPS) is 11.6. The molecule has 3 nitrogen and oxygen atoms in total. The van der Waals surface area contributed by atoms with Gasteiger partial charge in [0.1, 0.15) is 6.04 Å². The van der Waals surface area contributed by atoms with Crippen molar-refractivity contribution in [1.82, 2.24) is 4.90 Å². The van der Waals surface area contributed by atoms with Crippen molar-refractivity contribution >= 4 is 17.2 Å². The fourth-order valence-electron chi connectivity index (χ4n) is 1.82. The number of thiophene rings is 1. The highest BCUT2D eigenvalue weighted by Gasteiger charge is 2.22. The number of aryl methyl sites for hydroxylation is 1.